The fourth-order valence-electron chi connectivity index (χ4n) is 2.44. The van der Waals surface area contributed by atoms with Crippen LogP contribution in [0.3, 0.4) is 0 Å². The van der Waals surface area contributed by atoms with E-state index in [9.17, 15) is 5.11 Å². The minimum absolute atomic E-state index is 0.295. The first-order valence-electron chi connectivity index (χ1n) is 7.88. The standard InChI is InChI=1S/C18H29O/c1-6-9-10-15-11-16(13(4)7-2)18(19)17(12-15)14(5)8-3/h11-14H,6-10H2,1-5H3. The molecule has 0 amide bonds. The number of hydrogen-bond donors (Lipinski definition) is 0. The van der Waals surface area contributed by atoms with Gasteiger partial charge in [-0.3, -0.25) is 5.11 Å². The lowest BCUT2D eigenvalue weighted by Gasteiger charge is -2.18. The van der Waals surface area contributed by atoms with Gasteiger partial charge in [-0.15, -0.1) is 0 Å². The predicted octanol–water partition coefficient (Wildman–Crippen LogP) is 6.20. The molecule has 2 atom stereocenters. The van der Waals surface area contributed by atoms with Crippen LogP contribution in [0.5, 0.6) is 5.75 Å². The van der Waals surface area contributed by atoms with E-state index in [1.54, 1.807) is 0 Å². The van der Waals surface area contributed by atoms with E-state index >= 15 is 0 Å². The molecule has 0 spiro atoms. The van der Waals surface area contributed by atoms with Crippen molar-refractivity contribution < 1.29 is 5.11 Å². The maximum absolute atomic E-state index is 12.6. The van der Waals surface area contributed by atoms with Gasteiger partial charge in [-0.05, 0) is 43.1 Å². The Hall–Kier alpha value is -0.980. The number of aryl methyl sites for hydroxylation is 1. The quantitative estimate of drug-likeness (QED) is 0.557. The average Bonchev–Trinajstić information content (AvgIpc) is 2.44. The Kier molecular flexibility index (Phi) is 6.41. The zero-order valence-corrected chi connectivity index (χ0v) is 13.3. The summed E-state index contributed by atoms with van der Waals surface area (Å²) in [7, 11) is 0. The second-order valence-electron chi connectivity index (χ2n) is 5.83. The summed E-state index contributed by atoms with van der Waals surface area (Å²) < 4.78 is 0. The molecule has 2 unspecified atom stereocenters. The van der Waals surface area contributed by atoms with Crippen molar-refractivity contribution >= 4 is 0 Å². The fraction of sp³-hybridized carbons (Fsp3) is 0.667. The minimum Gasteiger partial charge on any atom is -0.289 e. The first kappa shape index (κ1) is 16.1. The van der Waals surface area contributed by atoms with Gasteiger partial charge in [0.2, 0.25) is 0 Å². The monoisotopic (exact) mass is 261 g/mol. The molecule has 1 aromatic rings. The molecular weight excluding hydrogens is 232 g/mol. The van der Waals surface area contributed by atoms with Crippen LogP contribution < -0.4 is 0 Å². The molecule has 19 heavy (non-hydrogen) atoms. The molecule has 0 heterocycles. The highest BCUT2D eigenvalue weighted by Gasteiger charge is 2.18. The lowest BCUT2D eigenvalue weighted by Crippen LogP contribution is -2.01. The molecule has 1 radical (unpaired) electrons. The van der Waals surface area contributed by atoms with Crippen molar-refractivity contribution in [1.82, 2.24) is 0 Å². The van der Waals surface area contributed by atoms with Crippen LogP contribution in [0.1, 0.15) is 88.8 Å². The van der Waals surface area contributed by atoms with Crippen LogP contribution in [-0.2, 0) is 11.5 Å². The maximum atomic E-state index is 12.6. The normalized spacial score (nSPS) is 14.4. The van der Waals surface area contributed by atoms with Crippen molar-refractivity contribution in [2.75, 3.05) is 0 Å². The molecule has 0 aromatic heterocycles. The van der Waals surface area contributed by atoms with E-state index in [1.165, 1.54) is 18.4 Å². The second-order valence-corrected chi connectivity index (χ2v) is 5.83. The molecule has 0 saturated heterocycles. The zero-order valence-electron chi connectivity index (χ0n) is 13.3. The molecule has 0 aliphatic carbocycles. The number of rotatable bonds is 7. The van der Waals surface area contributed by atoms with Crippen LogP contribution in [-0.4, -0.2) is 0 Å². The minimum atomic E-state index is 0.295. The molecule has 1 rings (SSSR count). The first-order valence-corrected chi connectivity index (χ1v) is 7.88. The molecule has 1 heteroatoms. The van der Waals surface area contributed by atoms with Gasteiger partial charge in [0.1, 0.15) is 0 Å². The van der Waals surface area contributed by atoms with Gasteiger partial charge in [0, 0.05) is 11.1 Å². The summed E-state index contributed by atoms with van der Waals surface area (Å²) in [6.07, 6.45) is 5.58. The van der Waals surface area contributed by atoms with Gasteiger partial charge in [0.05, 0.1) is 0 Å². The second kappa shape index (κ2) is 7.57. The molecule has 0 saturated carbocycles. The SMILES string of the molecule is CCCCc1cc(C(C)CC)c([O])c(C(C)CC)c1. The Morgan fingerprint density at radius 2 is 1.42 bits per heavy atom. The van der Waals surface area contributed by atoms with Crippen molar-refractivity contribution in [3.8, 4) is 5.75 Å². The lowest BCUT2D eigenvalue weighted by molar-refractivity contribution is 0.338. The summed E-state index contributed by atoms with van der Waals surface area (Å²) in [5.41, 5.74) is 3.42. The average molecular weight is 261 g/mol. The summed E-state index contributed by atoms with van der Waals surface area (Å²) in [6, 6.07) is 4.33. The first-order chi connectivity index (χ1) is 9.04. The molecule has 1 aromatic carbocycles. The molecule has 0 bridgehead atoms. The Labute approximate surface area is 119 Å². The van der Waals surface area contributed by atoms with Gasteiger partial charge in [-0.2, -0.15) is 0 Å². The maximum Gasteiger partial charge on any atom is 0.185 e. The van der Waals surface area contributed by atoms with E-state index in [-0.39, 0.29) is 0 Å². The fourth-order valence-corrected chi connectivity index (χ4v) is 2.44. The summed E-state index contributed by atoms with van der Waals surface area (Å²) in [4.78, 5) is 0. The molecule has 0 fully saturated rings. The van der Waals surface area contributed by atoms with Gasteiger partial charge in [-0.1, -0.05) is 53.2 Å². The lowest BCUT2D eigenvalue weighted by atomic mass is 9.87. The van der Waals surface area contributed by atoms with E-state index in [0.29, 0.717) is 17.6 Å². The largest absolute Gasteiger partial charge is 0.289 e. The van der Waals surface area contributed by atoms with Crippen molar-refractivity contribution in [3.63, 3.8) is 0 Å². The Morgan fingerprint density at radius 3 is 1.79 bits per heavy atom. The van der Waals surface area contributed by atoms with Crippen molar-refractivity contribution in [2.24, 2.45) is 0 Å². The van der Waals surface area contributed by atoms with Gasteiger partial charge < -0.3 is 0 Å². The van der Waals surface area contributed by atoms with Crippen molar-refractivity contribution in [1.29, 1.82) is 0 Å². The van der Waals surface area contributed by atoms with Crippen molar-refractivity contribution in [2.45, 2.75) is 78.6 Å². The summed E-state index contributed by atoms with van der Waals surface area (Å²) in [5.74, 6) is 1.04. The van der Waals surface area contributed by atoms with Gasteiger partial charge in [-0.25, -0.2) is 0 Å². The molecule has 1 nitrogen and oxygen atoms in total. The number of unbranched alkanes of at least 4 members (excludes halogenated alkanes) is 1. The van der Waals surface area contributed by atoms with Crippen LogP contribution >= 0.6 is 0 Å². The Bertz CT molecular complexity index is 364. The zero-order chi connectivity index (χ0) is 14.4. The highest BCUT2D eigenvalue weighted by Crippen LogP contribution is 2.37. The van der Waals surface area contributed by atoms with E-state index in [2.05, 4.69) is 46.8 Å². The molecule has 107 valence electrons. The van der Waals surface area contributed by atoms with Crippen LogP contribution in [0.25, 0.3) is 0 Å². The highest BCUT2D eigenvalue weighted by molar-refractivity contribution is 5.47. The number of benzene rings is 1. The van der Waals surface area contributed by atoms with E-state index in [0.717, 1.165) is 30.4 Å². The molecule has 0 aliphatic heterocycles. The Balaban J connectivity index is 3.21. The number of hydrogen-bond acceptors (Lipinski definition) is 0. The third-order valence-corrected chi connectivity index (χ3v) is 4.31. The smallest absolute Gasteiger partial charge is 0.185 e. The van der Waals surface area contributed by atoms with Crippen LogP contribution in [0.4, 0.5) is 0 Å². The molecule has 0 aliphatic rings. The van der Waals surface area contributed by atoms with Gasteiger partial charge in [0.25, 0.3) is 0 Å². The third-order valence-electron chi connectivity index (χ3n) is 4.31. The van der Waals surface area contributed by atoms with Gasteiger partial charge in [0.15, 0.2) is 5.75 Å². The van der Waals surface area contributed by atoms with Crippen LogP contribution in [0, 0.1) is 0 Å². The van der Waals surface area contributed by atoms with E-state index in [1.807, 2.05) is 0 Å². The van der Waals surface area contributed by atoms with Crippen LogP contribution in [0.15, 0.2) is 12.1 Å². The van der Waals surface area contributed by atoms with Crippen molar-refractivity contribution in [3.05, 3.63) is 28.8 Å². The Morgan fingerprint density at radius 1 is 0.947 bits per heavy atom. The highest BCUT2D eigenvalue weighted by atomic mass is 16.3. The van der Waals surface area contributed by atoms with E-state index < -0.39 is 0 Å². The van der Waals surface area contributed by atoms with Gasteiger partial charge >= 0.3 is 0 Å². The molecular formula is C18H29O. The van der Waals surface area contributed by atoms with Crippen LogP contribution in [0.2, 0.25) is 0 Å². The van der Waals surface area contributed by atoms with E-state index in [4.69, 9.17) is 0 Å². The summed E-state index contributed by atoms with van der Waals surface area (Å²) in [6.45, 7) is 10.9. The topological polar surface area (TPSA) is 19.9 Å². The predicted molar refractivity (Wildman–Crippen MR) is 82.6 cm³/mol. The molecule has 0 N–H and O–H groups in total. The summed E-state index contributed by atoms with van der Waals surface area (Å²) >= 11 is 0. The summed E-state index contributed by atoms with van der Waals surface area (Å²) in [5, 5.41) is 12.6. The third kappa shape index (κ3) is 3.99.